The lowest BCUT2D eigenvalue weighted by atomic mass is 10.0. The Labute approximate surface area is 83.0 Å². The molecule has 0 aromatic heterocycles. The van der Waals surface area contributed by atoms with Gasteiger partial charge in [-0.1, -0.05) is 42.5 Å². The van der Waals surface area contributed by atoms with Gasteiger partial charge in [-0.05, 0) is 17.7 Å². The predicted molar refractivity (Wildman–Crippen MR) is 60.3 cm³/mol. The zero-order chi connectivity index (χ0) is 9.97. The van der Waals surface area contributed by atoms with Crippen LogP contribution in [-0.4, -0.2) is 5.71 Å². The van der Waals surface area contributed by atoms with Gasteiger partial charge in [0.05, 0.1) is 5.71 Å². The van der Waals surface area contributed by atoms with E-state index in [0.717, 1.165) is 11.3 Å². The molecule has 0 radical (unpaired) electrons. The van der Waals surface area contributed by atoms with Gasteiger partial charge in [-0.25, -0.2) is 0 Å². The second-order valence-corrected chi connectivity index (χ2v) is 3.24. The second-order valence-electron chi connectivity index (χ2n) is 3.24. The Balaban J connectivity index is 2.77. The Kier molecular flexibility index (Phi) is 2.19. The van der Waals surface area contributed by atoms with E-state index in [4.69, 9.17) is 5.84 Å². The molecule has 0 fully saturated rings. The number of hydrogen-bond acceptors (Lipinski definition) is 2. The van der Waals surface area contributed by atoms with Crippen molar-refractivity contribution in [3.63, 3.8) is 0 Å². The van der Waals surface area contributed by atoms with Gasteiger partial charge in [0.15, 0.2) is 0 Å². The lowest BCUT2D eigenvalue weighted by molar-refractivity contribution is 1.24. The molecule has 0 unspecified atom stereocenters. The molecule has 2 heteroatoms. The van der Waals surface area contributed by atoms with E-state index in [1.807, 2.05) is 31.2 Å². The first-order valence-corrected chi connectivity index (χ1v) is 4.55. The minimum absolute atomic E-state index is 0.863. The van der Waals surface area contributed by atoms with Gasteiger partial charge in [-0.15, -0.1) is 0 Å². The topological polar surface area (TPSA) is 38.4 Å². The molecule has 0 aliphatic carbocycles. The molecule has 14 heavy (non-hydrogen) atoms. The van der Waals surface area contributed by atoms with Gasteiger partial charge in [-0.3, -0.25) is 0 Å². The summed E-state index contributed by atoms with van der Waals surface area (Å²) in [6.07, 6.45) is 0. The highest BCUT2D eigenvalue weighted by Gasteiger charge is 2.01. The molecule has 0 aliphatic heterocycles. The summed E-state index contributed by atoms with van der Waals surface area (Å²) in [6, 6.07) is 14.4. The molecule has 0 bridgehead atoms. The summed E-state index contributed by atoms with van der Waals surface area (Å²) in [5.41, 5.74) is 1.97. The van der Waals surface area contributed by atoms with Crippen LogP contribution in [0.2, 0.25) is 0 Å². The van der Waals surface area contributed by atoms with E-state index in [-0.39, 0.29) is 0 Å². The Morgan fingerprint density at radius 3 is 2.57 bits per heavy atom. The summed E-state index contributed by atoms with van der Waals surface area (Å²) in [7, 11) is 0. The Morgan fingerprint density at radius 1 is 1.07 bits per heavy atom. The van der Waals surface area contributed by atoms with Gasteiger partial charge < -0.3 is 5.84 Å². The Hall–Kier alpha value is -1.83. The van der Waals surface area contributed by atoms with Gasteiger partial charge in [-0.2, -0.15) is 5.10 Å². The number of nitrogens with two attached hydrogens (primary N) is 1. The lowest BCUT2D eigenvalue weighted by Crippen LogP contribution is -1.99. The van der Waals surface area contributed by atoms with Crippen molar-refractivity contribution in [2.75, 3.05) is 0 Å². The smallest absolute Gasteiger partial charge is 0.0648 e. The van der Waals surface area contributed by atoms with Crippen LogP contribution in [0.4, 0.5) is 0 Å². The molecule has 2 N–H and O–H groups in total. The SMILES string of the molecule is C/C(=N\N)c1cccc2ccccc12. The van der Waals surface area contributed by atoms with E-state index in [1.165, 1.54) is 10.8 Å². The molecule has 0 saturated carbocycles. The van der Waals surface area contributed by atoms with Crippen LogP contribution in [0.3, 0.4) is 0 Å². The van der Waals surface area contributed by atoms with Gasteiger partial charge >= 0.3 is 0 Å². The molecule has 2 nitrogen and oxygen atoms in total. The van der Waals surface area contributed by atoms with E-state index in [9.17, 15) is 0 Å². The van der Waals surface area contributed by atoms with E-state index in [1.54, 1.807) is 0 Å². The third-order valence-corrected chi connectivity index (χ3v) is 2.37. The van der Waals surface area contributed by atoms with Crippen LogP contribution in [0.25, 0.3) is 10.8 Å². The van der Waals surface area contributed by atoms with Crippen LogP contribution in [0.5, 0.6) is 0 Å². The maximum Gasteiger partial charge on any atom is 0.0648 e. The summed E-state index contributed by atoms with van der Waals surface area (Å²) in [4.78, 5) is 0. The molecule has 70 valence electrons. The molecule has 2 aromatic rings. The molecule has 0 saturated heterocycles. The fraction of sp³-hybridized carbons (Fsp3) is 0.0833. The van der Waals surface area contributed by atoms with Crippen molar-refractivity contribution in [1.29, 1.82) is 0 Å². The second kappa shape index (κ2) is 3.50. The zero-order valence-electron chi connectivity index (χ0n) is 8.07. The van der Waals surface area contributed by atoms with E-state index < -0.39 is 0 Å². The molecule has 2 aromatic carbocycles. The van der Waals surface area contributed by atoms with Crippen molar-refractivity contribution in [3.8, 4) is 0 Å². The van der Waals surface area contributed by atoms with E-state index >= 15 is 0 Å². The molecular weight excluding hydrogens is 172 g/mol. The number of hydrogen-bond donors (Lipinski definition) is 1. The molecule has 2 rings (SSSR count). The van der Waals surface area contributed by atoms with Crippen molar-refractivity contribution in [2.24, 2.45) is 10.9 Å². The normalized spacial score (nSPS) is 11.9. The van der Waals surface area contributed by atoms with Crippen molar-refractivity contribution >= 4 is 16.5 Å². The molecule has 0 aliphatic rings. The number of nitrogens with zero attached hydrogens (tertiary/aromatic N) is 1. The van der Waals surface area contributed by atoms with Crippen molar-refractivity contribution in [3.05, 3.63) is 48.0 Å². The van der Waals surface area contributed by atoms with Crippen LogP contribution in [0.1, 0.15) is 12.5 Å². The number of benzene rings is 2. The van der Waals surface area contributed by atoms with Crippen LogP contribution in [0, 0.1) is 0 Å². The average molecular weight is 184 g/mol. The lowest BCUT2D eigenvalue weighted by Gasteiger charge is -2.04. The maximum absolute atomic E-state index is 5.28. The number of hydrazone groups is 1. The van der Waals surface area contributed by atoms with Crippen molar-refractivity contribution in [2.45, 2.75) is 6.92 Å². The van der Waals surface area contributed by atoms with Gasteiger partial charge in [0.2, 0.25) is 0 Å². The monoisotopic (exact) mass is 184 g/mol. The quantitative estimate of drug-likeness (QED) is 0.413. The average Bonchev–Trinajstić information content (AvgIpc) is 2.27. The van der Waals surface area contributed by atoms with E-state index in [0.29, 0.717) is 0 Å². The van der Waals surface area contributed by atoms with Crippen LogP contribution < -0.4 is 5.84 Å². The summed E-state index contributed by atoms with van der Waals surface area (Å²) in [5.74, 6) is 5.28. The molecule has 0 spiro atoms. The summed E-state index contributed by atoms with van der Waals surface area (Å²) in [5, 5.41) is 6.14. The first kappa shape index (κ1) is 8.75. The predicted octanol–water partition coefficient (Wildman–Crippen LogP) is 2.52. The third-order valence-electron chi connectivity index (χ3n) is 2.37. The van der Waals surface area contributed by atoms with Crippen LogP contribution >= 0.6 is 0 Å². The summed E-state index contributed by atoms with van der Waals surface area (Å²) >= 11 is 0. The van der Waals surface area contributed by atoms with Crippen molar-refractivity contribution < 1.29 is 0 Å². The van der Waals surface area contributed by atoms with Crippen molar-refractivity contribution in [1.82, 2.24) is 0 Å². The summed E-state index contributed by atoms with van der Waals surface area (Å²) in [6.45, 7) is 1.92. The number of rotatable bonds is 1. The standard InChI is InChI=1S/C12H12N2/c1-9(14-13)11-8-4-6-10-5-2-3-7-12(10)11/h2-8H,13H2,1H3/b14-9+. The fourth-order valence-electron chi connectivity index (χ4n) is 1.61. The largest absolute Gasteiger partial charge is 0.323 e. The molecular formula is C12H12N2. The van der Waals surface area contributed by atoms with Gasteiger partial charge in [0, 0.05) is 5.56 Å². The minimum Gasteiger partial charge on any atom is -0.323 e. The fourth-order valence-corrected chi connectivity index (χ4v) is 1.61. The minimum atomic E-state index is 0.863. The first-order chi connectivity index (χ1) is 6.83. The molecule has 0 atom stereocenters. The highest BCUT2D eigenvalue weighted by Crippen LogP contribution is 2.18. The maximum atomic E-state index is 5.28. The van der Waals surface area contributed by atoms with Gasteiger partial charge in [0.1, 0.15) is 0 Å². The first-order valence-electron chi connectivity index (χ1n) is 4.55. The summed E-state index contributed by atoms with van der Waals surface area (Å²) < 4.78 is 0. The van der Waals surface area contributed by atoms with Gasteiger partial charge in [0.25, 0.3) is 0 Å². The van der Waals surface area contributed by atoms with Crippen LogP contribution in [0.15, 0.2) is 47.6 Å². The zero-order valence-corrected chi connectivity index (χ0v) is 8.07. The van der Waals surface area contributed by atoms with Crippen LogP contribution in [-0.2, 0) is 0 Å². The highest BCUT2D eigenvalue weighted by molar-refractivity contribution is 6.09. The van der Waals surface area contributed by atoms with E-state index in [2.05, 4.69) is 23.3 Å². The Bertz CT molecular complexity index is 481. The molecule has 0 heterocycles. The Morgan fingerprint density at radius 2 is 1.79 bits per heavy atom. The molecule has 0 amide bonds. The highest BCUT2D eigenvalue weighted by atomic mass is 15.1. The number of fused-ring (bicyclic) bond motifs is 1. The third kappa shape index (κ3) is 1.35.